The molecule has 1 N–H and O–H groups in total. The van der Waals surface area contributed by atoms with Gasteiger partial charge in [0.15, 0.2) is 6.61 Å². The maximum atomic E-state index is 12.5. The molecule has 0 spiro atoms. The molecule has 7 nitrogen and oxygen atoms in total. The van der Waals surface area contributed by atoms with Crippen LogP contribution in [0.15, 0.2) is 42.5 Å². The summed E-state index contributed by atoms with van der Waals surface area (Å²) >= 11 is 16.7. The first-order valence-corrected chi connectivity index (χ1v) is 9.45. The molecule has 10 heteroatoms. The Bertz CT molecular complexity index is 975. The van der Waals surface area contributed by atoms with Gasteiger partial charge in [-0.25, -0.2) is 4.79 Å². The zero-order chi connectivity index (χ0) is 21.2. The highest BCUT2D eigenvalue weighted by Crippen LogP contribution is 2.36. The summed E-state index contributed by atoms with van der Waals surface area (Å²) in [5.41, 5.74) is 1.85. The van der Waals surface area contributed by atoms with Crippen molar-refractivity contribution in [1.29, 1.82) is 0 Å². The fourth-order valence-electron chi connectivity index (χ4n) is 2.75. The first kappa shape index (κ1) is 21.2. The van der Waals surface area contributed by atoms with Gasteiger partial charge in [0.2, 0.25) is 0 Å². The van der Waals surface area contributed by atoms with Crippen molar-refractivity contribution < 1.29 is 23.9 Å². The van der Waals surface area contributed by atoms with Crippen molar-refractivity contribution in [2.24, 2.45) is 0 Å². The van der Waals surface area contributed by atoms with Crippen LogP contribution >= 0.6 is 34.8 Å². The second kappa shape index (κ2) is 8.49. The lowest BCUT2D eigenvalue weighted by Crippen LogP contribution is -2.38. The topological polar surface area (TPSA) is 84.9 Å². The Morgan fingerprint density at radius 2 is 1.97 bits per heavy atom. The van der Waals surface area contributed by atoms with Gasteiger partial charge in [-0.1, -0.05) is 46.9 Å². The van der Waals surface area contributed by atoms with Crippen molar-refractivity contribution in [2.45, 2.75) is 10.3 Å². The van der Waals surface area contributed by atoms with Gasteiger partial charge in [-0.2, -0.15) is 0 Å². The van der Waals surface area contributed by atoms with Crippen molar-refractivity contribution in [3.63, 3.8) is 0 Å². The Balaban J connectivity index is 1.90. The number of halogens is 3. The van der Waals surface area contributed by atoms with Gasteiger partial charge in [0, 0.05) is 5.69 Å². The number of amides is 2. The predicted octanol–water partition coefficient (Wildman–Crippen LogP) is 3.71. The molecule has 0 fully saturated rings. The molecule has 0 bridgehead atoms. The Hall–Kier alpha value is -2.48. The number of carbonyl (C=O) groups is 3. The summed E-state index contributed by atoms with van der Waals surface area (Å²) in [4.78, 5) is 37.6. The third-order valence-corrected chi connectivity index (χ3v) is 4.62. The number of nitrogens with zero attached hydrogens (tertiary/aromatic N) is 1. The van der Waals surface area contributed by atoms with Crippen LogP contribution in [0.1, 0.15) is 15.9 Å². The summed E-state index contributed by atoms with van der Waals surface area (Å²) in [6, 6.07) is 11.5. The average Bonchev–Trinajstić information content (AvgIpc) is 2.69. The van der Waals surface area contributed by atoms with E-state index < -0.39 is 15.7 Å². The molecule has 1 heterocycles. The molecule has 0 aromatic heterocycles. The first-order chi connectivity index (χ1) is 13.7. The van der Waals surface area contributed by atoms with E-state index in [0.717, 1.165) is 0 Å². The average molecular weight is 458 g/mol. The van der Waals surface area contributed by atoms with Crippen LogP contribution in [0.5, 0.6) is 5.75 Å². The molecule has 0 saturated carbocycles. The SMILES string of the molecule is COC(=O)c1cccc(CN2C(=O)COc3ccc(NC(=O)C(Cl)(Cl)Cl)cc32)c1. The molecule has 1 aliphatic rings. The quantitative estimate of drug-likeness (QED) is 0.559. The Morgan fingerprint density at radius 1 is 1.21 bits per heavy atom. The molecule has 3 rings (SSSR count). The van der Waals surface area contributed by atoms with Gasteiger partial charge in [0.1, 0.15) is 5.75 Å². The third-order valence-electron chi connectivity index (χ3n) is 4.11. The Kier molecular flexibility index (Phi) is 6.21. The van der Waals surface area contributed by atoms with E-state index in [1.54, 1.807) is 42.5 Å². The summed E-state index contributed by atoms with van der Waals surface area (Å²) in [7, 11) is 1.30. The minimum atomic E-state index is -2.13. The van der Waals surface area contributed by atoms with Crippen molar-refractivity contribution in [1.82, 2.24) is 0 Å². The smallest absolute Gasteiger partial charge is 0.337 e. The zero-order valence-electron chi connectivity index (χ0n) is 15.1. The molecule has 0 radical (unpaired) electrons. The molecular formula is C19H15Cl3N2O5. The van der Waals surface area contributed by atoms with Gasteiger partial charge in [0.25, 0.3) is 15.6 Å². The second-order valence-corrected chi connectivity index (χ2v) is 8.38. The van der Waals surface area contributed by atoms with Gasteiger partial charge < -0.3 is 19.7 Å². The third kappa shape index (κ3) is 4.93. The minimum Gasteiger partial charge on any atom is -0.482 e. The molecule has 2 aromatic carbocycles. The van der Waals surface area contributed by atoms with Crippen molar-refractivity contribution in [3.8, 4) is 5.75 Å². The lowest BCUT2D eigenvalue weighted by Gasteiger charge is -2.30. The number of ether oxygens (including phenoxy) is 2. The van der Waals surface area contributed by atoms with Crippen LogP contribution in [-0.2, 0) is 20.9 Å². The van der Waals surface area contributed by atoms with E-state index in [-0.39, 0.29) is 19.1 Å². The molecule has 1 aliphatic heterocycles. The number of anilines is 2. The van der Waals surface area contributed by atoms with Crippen LogP contribution < -0.4 is 15.0 Å². The fourth-order valence-corrected chi connectivity index (χ4v) is 2.89. The van der Waals surface area contributed by atoms with E-state index in [2.05, 4.69) is 5.32 Å². The number of benzene rings is 2. The molecule has 0 atom stereocenters. The van der Waals surface area contributed by atoms with Crippen molar-refractivity contribution >= 4 is 64.0 Å². The lowest BCUT2D eigenvalue weighted by atomic mass is 10.1. The number of carbonyl (C=O) groups excluding carboxylic acids is 3. The number of nitrogens with one attached hydrogen (secondary N) is 1. The molecule has 2 aromatic rings. The number of methoxy groups -OCH3 is 1. The number of rotatable bonds is 4. The number of esters is 1. The maximum absolute atomic E-state index is 12.5. The Morgan fingerprint density at radius 3 is 2.66 bits per heavy atom. The highest BCUT2D eigenvalue weighted by Gasteiger charge is 2.31. The van der Waals surface area contributed by atoms with E-state index in [1.165, 1.54) is 12.0 Å². The Labute approximate surface area is 181 Å². The highest BCUT2D eigenvalue weighted by molar-refractivity contribution is 6.76. The molecule has 0 aliphatic carbocycles. The summed E-state index contributed by atoms with van der Waals surface area (Å²) in [6.45, 7) is 0.0471. The number of fused-ring (bicyclic) bond motifs is 1. The molecule has 0 unspecified atom stereocenters. The van der Waals surface area contributed by atoms with Gasteiger partial charge in [-0.05, 0) is 35.9 Å². The van der Waals surface area contributed by atoms with E-state index in [1.807, 2.05) is 0 Å². The molecule has 152 valence electrons. The zero-order valence-corrected chi connectivity index (χ0v) is 17.3. The van der Waals surface area contributed by atoms with E-state index in [0.29, 0.717) is 28.3 Å². The summed E-state index contributed by atoms with van der Waals surface area (Å²) in [5, 5.41) is 2.47. The van der Waals surface area contributed by atoms with Crippen molar-refractivity contribution in [2.75, 3.05) is 23.9 Å². The van der Waals surface area contributed by atoms with Crippen LogP contribution in [0.3, 0.4) is 0 Å². The maximum Gasteiger partial charge on any atom is 0.337 e. The molecule has 29 heavy (non-hydrogen) atoms. The monoisotopic (exact) mass is 456 g/mol. The summed E-state index contributed by atoms with van der Waals surface area (Å²) < 4.78 is 8.05. The van der Waals surface area contributed by atoms with E-state index >= 15 is 0 Å². The standard InChI is InChI=1S/C19H15Cl3N2O5/c1-28-17(26)12-4-2-3-11(7-12)9-24-14-8-13(23-18(27)19(20,21)22)5-6-15(14)29-10-16(24)25/h2-8H,9-10H2,1H3,(H,23,27). The molecular weight excluding hydrogens is 443 g/mol. The first-order valence-electron chi connectivity index (χ1n) is 8.31. The summed E-state index contributed by atoms with van der Waals surface area (Å²) in [6.07, 6.45) is 0. The molecule has 2 amide bonds. The van der Waals surface area contributed by atoms with Crippen LogP contribution in [0.2, 0.25) is 0 Å². The second-order valence-electron chi connectivity index (χ2n) is 6.09. The normalized spacial score (nSPS) is 13.4. The number of hydrogen-bond acceptors (Lipinski definition) is 5. The molecule has 0 saturated heterocycles. The minimum absolute atomic E-state index is 0.135. The van der Waals surface area contributed by atoms with Crippen LogP contribution in [0.25, 0.3) is 0 Å². The van der Waals surface area contributed by atoms with Gasteiger partial charge >= 0.3 is 5.97 Å². The van der Waals surface area contributed by atoms with Gasteiger partial charge in [0.05, 0.1) is 24.9 Å². The number of hydrogen-bond donors (Lipinski definition) is 1. The van der Waals surface area contributed by atoms with Crippen molar-refractivity contribution in [3.05, 3.63) is 53.6 Å². The summed E-state index contributed by atoms with van der Waals surface area (Å²) in [5.74, 6) is -1.13. The largest absolute Gasteiger partial charge is 0.482 e. The predicted molar refractivity (Wildman–Crippen MR) is 110 cm³/mol. The lowest BCUT2D eigenvalue weighted by molar-refractivity contribution is -0.121. The van der Waals surface area contributed by atoms with Crippen LogP contribution in [-0.4, -0.2) is 35.3 Å². The van der Waals surface area contributed by atoms with Crippen LogP contribution in [0.4, 0.5) is 11.4 Å². The highest BCUT2D eigenvalue weighted by atomic mass is 35.6. The van der Waals surface area contributed by atoms with E-state index in [4.69, 9.17) is 44.3 Å². The van der Waals surface area contributed by atoms with E-state index in [9.17, 15) is 14.4 Å². The van der Waals surface area contributed by atoms with Crippen LogP contribution in [0, 0.1) is 0 Å². The fraction of sp³-hybridized carbons (Fsp3) is 0.211. The van der Waals surface area contributed by atoms with Gasteiger partial charge in [-0.3, -0.25) is 9.59 Å². The van der Waals surface area contributed by atoms with Gasteiger partial charge in [-0.15, -0.1) is 0 Å². The number of alkyl halides is 3.